The molecule has 2 saturated heterocycles. The van der Waals surface area contributed by atoms with E-state index in [0.717, 1.165) is 24.1 Å². The summed E-state index contributed by atoms with van der Waals surface area (Å²) in [7, 11) is 2.20. The van der Waals surface area contributed by atoms with Crippen LogP contribution in [0, 0.1) is 17.7 Å². The van der Waals surface area contributed by atoms with Crippen molar-refractivity contribution >= 4 is 5.69 Å². The zero-order valence-electron chi connectivity index (χ0n) is 12.4. The van der Waals surface area contributed by atoms with Crippen molar-refractivity contribution in [2.75, 3.05) is 31.6 Å². The summed E-state index contributed by atoms with van der Waals surface area (Å²) in [6.45, 7) is 9.81. The summed E-state index contributed by atoms with van der Waals surface area (Å²) in [6.07, 6.45) is 0. The zero-order valence-corrected chi connectivity index (χ0v) is 12.4. The lowest BCUT2D eigenvalue weighted by atomic mass is 9.95. The van der Waals surface area contributed by atoms with Gasteiger partial charge in [-0.05, 0) is 50.1 Å². The van der Waals surface area contributed by atoms with Gasteiger partial charge >= 0.3 is 0 Å². The van der Waals surface area contributed by atoms with Crippen molar-refractivity contribution in [3.8, 4) is 0 Å². The fourth-order valence-electron chi connectivity index (χ4n) is 3.48. The van der Waals surface area contributed by atoms with Crippen LogP contribution in [0.4, 0.5) is 10.1 Å². The standard InChI is InChI=1S/C14H19FN2.C2H6/c1-10-14-9-16(2)7-11(14)8-17(10)13-5-3-12(15)4-6-13;1-2/h3-6,10-11,14H,7-9H2,1-2H3;1-2H3. The zero-order chi connectivity index (χ0) is 14.0. The molecular formula is C16H25FN2. The quantitative estimate of drug-likeness (QED) is 0.768. The van der Waals surface area contributed by atoms with Crippen LogP contribution < -0.4 is 4.90 Å². The van der Waals surface area contributed by atoms with Gasteiger partial charge in [0, 0.05) is 31.4 Å². The van der Waals surface area contributed by atoms with Crippen molar-refractivity contribution in [2.45, 2.75) is 26.8 Å². The molecule has 3 heteroatoms. The molecule has 1 aromatic carbocycles. The van der Waals surface area contributed by atoms with Gasteiger partial charge in [-0.15, -0.1) is 0 Å². The number of nitrogens with zero attached hydrogens (tertiary/aromatic N) is 2. The van der Waals surface area contributed by atoms with Gasteiger partial charge in [0.15, 0.2) is 0 Å². The minimum atomic E-state index is -0.152. The molecule has 0 bridgehead atoms. The molecule has 2 nitrogen and oxygen atoms in total. The Morgan fingerprint density at radius 1 is 1.05 bits per heavy atom. The van der Waals surface area contributed by atoms with Crippen LogP contribution in [0.2, 0.25) is 0 Å². The van der Waals surface area contributed by atoms with Gasteiger partial charge in [0.1, 0.15) is 5.82 Å². The number of hydrogen-bond donors (Lipinski definition) is 0. The van der Waals surface area contributed by atoms with E-state index in [4.69, 9.17) is 0 Å². The molecule has 2 fully saturated rings. The maximum atomic E-state index is 12.9. The first-order valence-corrected chi connectivity index (χ1v) is 7.36. The van der Waals surface area contributed by atoms with E-state index in [-0.39, 0.29) is 5.82 Å². The van der Waals surface area contributed by atoms with E-state index in [0.29, 0.717) is 6.04 Å². The molecule has 0 amide bonds. The van der Waals surface area contributed by atoms with Crippen LogP contribution in [0.3, 0.4) is 0 Å². The smallest absolute Gasteiger partial charge is 0.123 e. The molecule has 2 aliphatic heterocycles. The van der Waals surface area contributed by atoms with E-state index in [1.54, 1.807) is 12.1 Å². The Kier molecular flexibility index (Phi) is 4.46. The summed E-state index contributed by atoms with van der Waals surface area (Å²) in [5, 5.41) is 0. The maximum absolute atomic E-state index is 12.9. The first-order valence-electron chi connectivity index (χ1n) is 7.36. The number of fused-ring (bicyclic) bond motifs is 1. The molecule has 0 radical (unpaired) electrons. The minimum Gasteiger partial charge on any atom is -0.368 e. The summed E-state index contributed by atoms with van der Waals surface area (Å²) in [4.78, 5) is 4.86. The number of anilines is 1. The summed E-state index contributed by atoms with van der Waals surface area (Å²) in [5.74, 6) is 1.39. The first kappa shape index (κ1) is 14.3. The van der Waals surface area contributed by atoms with E-state index in [9.17, 15) is 4.39 Å². The molecule has 2 heterocycles. The highest BCUT2D eigenvalue weighted by atomic mass is 19.1. The summed E-state index contributed by atoms with van der Waals surface area (Å²) in [6, 6.07) is 7.48. The van der Waals surface area contributed by atoms with Gasteiger partial charge in [0.25, 0.3) is 0 Å². The van der Waals surface area contributed by atoms with Gasteiger partial charge in [-0.3, -0.25) is 0 Å². The van der Waals surface area contributed by atoms with Crippen molar-refractivity contribution in [3.63, 3.8) is 0 Å². The Balaban J connectivity index is 0.000000637. The van der Waals surface area contributed by atoms with Gasteiger partial charge in [0.05, 0.1) is 0 Å². The topological polar surface area (TPSA) is 6.48 Å². The van der Waals surface area contributed by atoms with Gasteiger partial charge in [-0.2, -0.15) is 0 Å². The van der Waals surface area contributed by atoms with Gasteiger partial charge in [-0.1, -0.05) is 13.8 Å². The normalized spacial score (nSPS) is 29.9. The predicted octanol–water partition coefficient (Wildman–Crippen LogP) is 3.24. The van der Waals surface area contributed by atoms with E-state index in [1.807, 2.05) is 26.0 Å². The summed E-state index contributed by atoms with van der Waals surface area (Å²) < 4.78 is 12.9. The number of benzene rings is 1. The largest absolute Gasteiger partial charge is 0.368 e. The molecule has 0 aromatic heterocycles. The maximum Gasteiger partial charge on any atom is 0.123 e. The van der Waals surface area contributed by atoms with Crippen LogP contribution in [0.5, 0.6) is 0 Å². The monoisotopic (exact) mass is 264 g/mol. The first-order chi connectivity index (χ1) is 9.15. The molecule has 2 aliphatic rings. The minimum absolute atomic E-state index is 0.152. The Morgan fingerprint density at radius 2 is 1.68 bits per heavy atom. The average molecular weight is 264 g/mol. The summed E-state index contributed by atoms with van der Waals surface area (Å²) in [5.41, 5.74) is 1.16. The van der Waals surface area contributed by atoms with Crippen LogP contribution in [0.15, 0.2) is 24.3 Å². The third-order valence-electron chi connectivity index (χ3n) is 4.37. The lowest BCUT2D eigenvalue weighted by Gasteiger charge is -2.27. The molecule has 0 saturated carbocycles. The van der Waals surface area contributed by atoms with Crippen molar-refractivity contribution < 1.29 is 4.39 Å². The second-order valence-electron chi connectivity index (χ2n) is 5.51. The molecule has 19 heavy (non-hydrogen) atoms. The molecule has 3 rings (SSSR count). The third kappa shape index (κ3) is 2.76. The fourth-order valence-corrected chi connectivity index (χ4v) is 3.48. The van der Waals surface area contributed by atoms with Crippen LogP contribution in [0.1, 0.15) is 20.8 Å². The van der Waals surface area contributed by atoms with Gasteiger partial charge in [-0.25, -0.2) is 4.39 Å². The molecule has 0 N–H and O–H groups in total. The lowest BCUT2D eigenvalue weighted by molar-refractivity contribution is 0.374. The highest BCUT2D eigenvalue weighted by Crippen LogP contribution is 2.37. The van der Waals surface area contributed by atoms with Crippen LogP contribution >= 0.6 is 0 Å². The molecule has 0 aliphatic carbocycles. The highest BCUT2D eigenvalue weighted by Gasteiger charge is 2.43. The number of hydrogen-bond acceptors (Lipinski definition) is 2. The average Bonchev–Trinajstić information content (AvgIpc) is 2.92. The number of likely N-dealkylation sites (tertiary alicyclic amines) is 1. The molecule has 0 spiro atoms. The number of halogens is 1. The highest BCUT2D eigenvalue weighted by molar-refractivity contribution is 5.49. The van der Waals surface area contributed by atoms with E-state index >= 15 is 0 Å². The number of rotatable bonds is 1. The Morgan fingerprint density at radius 3 is 2.26 bits per heavy atom. The van der Waals surface area contributed by atoms with Crippen LogP contribution in [-0.2, 0) is 0 Å². The van der Waals surface area contributed by atoms with Gasteiger partial charge < -0.3 is 9.80 Å². The van der Waals surface area contributed by atoms with Crippen molar-refractivity contribution in [1.29, 1.82) is 0 Å². The molecule has 106 valence electrons. The van der Waals surface area contributed by atoms with Crippen LogP contribution in [-0.4, -0.2) is 37.6 Å². The van der Waals surface area contributed by atoms with Crippen molar-refractivity contribution in [3.05, 3.63) is 30.1 Å². The van der Waals surface area contributed by atoms with Crippen molar-refractivity contribution in [2.24, 2.45) is 11.8 Å². The Hall–Kier alpha value is -1.09. The Labute approximate surface area is 116 Å². The molecular weight excluding hydrogens is 239 g/mol. The third-order valence-corrected chi connectivity index (χ3v) is 4.37. The van der Waals surface area contributed by atoms with E-state index in [2.05, 4.69) is 23.8 Å². The second-order valence-corrected chi connectivity index (χ2v) is 5.51. The lowest BCUT2D eigenvalue weighted by Crippen LogP contribution is -2.33. The SMILES string of the molecule is CC.CC1C2CN(C)CC2CN1c1ccc(F)cc1. The van der Waals surface area contributed by atoms with Gasteiger partial charge in [0.2, 0.25) is 0 Å². The van der Waals surface area contributed by atoms with Crippen molar-refractivity contribution in [1.82, 2.24) is 4.90 Å². The fraction of sp³-hybridized carbons (Fsp3) is 0.625. The molecule has 3 unspecified atom stereocenters. The molecule has 1 aromatic rings. The second kappa shape index (κ2) is 5.91. The molecule has 3 atom stereocenters. The van der Waals surface area contributed by atoms with E-state index < -0.39 is 0 Å². The Bertz CT molecular complexity index is 404. The summed E-state index contributed by atoms with van der Waals surface area (Å²) >= 11 is 0. The van der Waals surface area contributed by atoms with E-state index in [1.165, 1.54) is 13.1 Å². The predicted molar refractivity (Wildman–Crippen MR) is 79.0 cm³/mol. The van der Waals surface area contributed by atoms with Crippen LogP contribution in [0.25, 0.3) is 0 Å².